The van der Waals surface area contributed by atoms with E-state index in [-0.39, 0.29) is 29.9 Å². The van der Waals surface area contributed by atoms with Gasteiger partial charge in [0.15, 0.2) is 9.84 Å². The van der Waals surface area contributed by atoms with Crippen LogP contribution in [0.25, 0.3) is 5.57 Å². The molecule has 3 aliphatic rings. The van der Waals surface area contributed by atoms with Crippen molar-refractivity contribution in [1.82, 2.24) is 15.2 Å². The number of hydrogen-bond donors (Lipinski definition) is 1. The van der Waals surface area contributed by atoms with E-state index in [1.807, 2.05) is 13.8 Å². The summed E-state index contributed by atoms with van der Waals surface area (Å²) in [5.41, 5.74) is 2.02. The summed E-state index contributed by atoms with van der Waals surface area (Å²) in [5, 5.41) is 2.78. The summed E-state index contributed by atoms with van der Waals surface area (Å²) in [6.45, 7) is 3.62. The second-order valence-electron chi connectivity index (χ2n) is 7.96. The van der Waals surface area contributed by atoms with E-state index in [0.717, 1.165) is 6.20 Å². The van der Waals surface area contributed by atoms with Gasteiger partial charge in [-0.1, -0.05) is 19.9 Å². The van der Waals surface area contributed by atoms with Crippen molar-refractivity contribution in [3.63, 3.8) is 0 Å². The fourth-order valence-electron chi connectivity index (χ4n) is 4.31. The average Bonchev–Trinajstić information content (AvgIpc) is 3.18. The molecule has 1 saturated heterocycles. The molecule has 0 bridgehead atoms. The Labute approximate surface area is 162 Å². The molecule has 0 spiro atoms. The highest BCUT2D eigenvalue weighted by molar-refractivity contribution is 7.91. The van der Waals surface area contributed by atoms with Crippen LogP contribution in [0.15, 0.2) is 12.3 Å². The number of carbonyl (C=O) groups is 2. The van der Waals surface area contributed by atoms with Gasteiger partial charge in [0.1, 0.15) is 11.9 Å². The Balaban J connectivity index is 1.63. The number of amides is 2. The molecule has 9 heteroatoms. The van der Waals surface area contributed by atoms with Gasteiger partial charge in [0.05, 0.1) is 29.9 Å². The van der Waals surface area contributed by atoms with Crippen LogP contribution in [0.1, 0.15) is 37.1 Å². The van der Waals surface area contributed by atoms with Crippen molar-refractivity contribution in [1.29, 1.82) is 0 Å². The molecule has 1 N–H and O–H groups in total. The second-order valence-corrected chi connectivity index (χ2v) is 10.2. The molecular formula is C19H22FN3O4S. The molecule has 7 nitrogen and oxygen atoms in total. The highest BCUT2D eigenvalue weighted by Gasteiger charge is 2.42. The molecule has 0 saturated carbocycles. The lowest BCUT2D eigenvalue weighted by atomic mass is 9.92. The maximum atomic E-state index is 14.4. The van der Waals surface area contributed by atoms with Crippen molar-refractivity contribution in [2.24, 2.45) is 5.92 Å². The van der Waals surface area contributed by atoms with Crippen molar-refractivity contribution >= 4 is 27.2 Å². The molecular weight excluding hydrogens is 385 g/mol. The molecule has 1 aliphatic carbocycles. The van der Waals surface area contributed by atoms with E-state index in [0.29, 0.717) is 35.2 Å². The molecule has 1 aromatic heterocycles. The summed E-state index contributed by atoms with van der Waals surface area (Å²) in [6.07, 6.45) is 3.72. The molecule has 0 radical (unpaired) electrons. The number of halogens is 1. The predicted molar refractivity (Wildman–Crippen MR) is 100 cm³/mol. The van der Waals surface area contributed by atoms with Crippen LogP contribution in [0, 0.1) is 11.7 Å². The minimum atomic E-state index is -3.14. The van der Waals surface area contributed by atoms with Gasteiger partial charge in [0, 0.05) is 29.2 Å². The topological polar surface area (TPSA) is 96.4 Å². The Bertz CT molecular complexity index is 1000. The van der Waals surface area contributed by atoms with Gasteiger partial charge in [0.25, 0.3) is 5.91 Å². The van der Waals surface area contributed by atoms with Crippen LogP contribution in [0.3, 0.4) is 0 Å². The molecule has 4 rings (SSSR count). The zero-order valence-corrected chi connectivity index (χ0v) is 16.6. The Morgan fingerprint density at radius 2 is 2.14 bits per heavy atom. The first-order valence-corrected chi connectivity index (χ1v) is 11.2. The van der Waals surface area contributed by atoms with Gasteiger partial charge < -0.3 is 10.2 Å². The first-order chi connectivity index (χ1) is 13.2. The summed E-state index contributed by atoms with van der Waals surface area (Å²) >= 11 is 0. The van der Waals surface area contributed by atoms with Crippen LogP contribution < -0.4 is 5.32 Å². The SMILES string of the molecule is CC(C)[C@H](C(=O)NC1CCS(=O)(=O)C1)N1Cc2c(F)cnc3c2C(=CC3)C1=O. The van der Waals surface area contributed by atoms with Gasteiger partial charge in [-0.05, 0) is 12.3 Å². The van der Waals surface area contributed by atoms with Crippen molar-refractivity contribution in [2.75, 3.05) is 11.5 Å². The third-order valence-electron chi connectivity index (χ3n) is 5.62. The number of nitrogens with zero attached hydrogens (tertiary/aromatic N) is 2. The molecule has 0 aromatic carbocycles. The number of sulfone groups is 1. The van der Waals surface area contributed by atoms with Crippen molar-refractivity contribution in [3.8, 4) is 0 Å². The largest absolute Gasteiger partial charge is 0.351 e. The molecule has 1 fully saturated rings. The Kier molecular flexibility index (Phi) is 4.52. The van der Waals surface area contributed by atoms with E-state index < -0.39 is 33.6 Å². The van der Waals surface area contributed by atoms with Gasteiger partial charge in [-0.2, -0.15) is 0 Å². The molecule has 3 heterocycles. The average molecular weight is 407 g/mol. The van der Waals surface area contributed by atoms with E-state index in [4.69, 9.17) is 0 Å². The Morgan fingerprint density at radius 3 is 2.79 bits per heavy atom. The summed E-state index contributed by atoms with van der Waals surface area (Å²) in [4.78, 5) is 31.5. The molecule has 150 valence electrons. The minimum absolute atomic E-state index is 0.00785. The highest BCUT2D eigenvalue weighted by Crippen LogP contribution is 2.38. The van der Waals surface area contributed by atoms with Gasteiger partial charge >= 0.3 is 0 Å². The fraction of sp³-hybridized carbons (Fsp3) is 0.526. The molecule has 28 heavy (non-hydrogen) atoms. The lowest BCUT2D eigenvalue weighted by Gasteiger charge is -2.37. The lowest BCUT2D eigenvalue weighted by molar-refractivity contribution is -0.139. The predicted octanol–water partition coefficient (Wildman–Crippen LogP) is 0.830. The molecule has 2 aliphatic heterocycles. The van der Waals surface area contributed by atoms with Crippen LogP contribution in [-0.4, -0.2) is 53.7 Å². The number of rotatable bonds is 4. The van der Waals surface area contributed by atoms with Gasteiger partial charge in [-0.3, -0.25) is 14.6 Å². The Hall–Kier alpha value is -2.29. The smallest absolute Gasteiger partial charge is 0.255 e. The maximum Gasteiger partial charge on any atom is 0.255 e. The van der Waals surface area contributed by atoms with E-state index in [1.165, 1.54) is 4.90 Å². The van der Waals surface area contributed by atoms with Crippen LogP contribution >= 0.6 is 0 Å². The highest BCUT2D eigenvalue weighted by atomic mass is 32.2. The van der Waals surface area contributed by atoms with Crippen LogP contribution in [0.4, 0.5) is 4.39 Å². The Morgan fingerprint density at radius 1 is 1.39 bits per heavy atom. The first kappa shape index (κ1) is 19.0. The number of allylic oxidation sites excluding steroid dienone is 1. The van der Waals surface area contributed by atoms with E-state index in [1.54, 1.807) is 6.08 Å². The number of hydrogen-bond acceptors (Lipinski definition) is 5. The van der Waals surface area contributed by atoms with E-state index in [9.17, 15) is 22.4 Å². The summed E-state index contributed by atoms with van der Waals surface area (Å²) in [6, 6.07) is -1.27. The summed E-state index contributed by atoms with van der Waals surface area (Å²) < 4.78 is 37.8. The van der Waals surface area contributed by atoms with Gasteiger partial charge in [-0.25, -0.2) is 12.8 Å². The molecule has 1 unspecified atom stereocenters. The third-order valence-corrected chi connectivity index (χ3v) is 7.38. The van der Waals surface area contributed by atoms with Crippen LogP contribution in [0.2, 0.25) is 0 Å². The van der Waals surface area contributed by atoms with Crippen LogP contribution in [0.5, 0.6) is 0 Å². The minimum Gasteiger partial charge on any atom is -0.351 e. The molecule has 2 amide bonds. The zero-order valence-electron chi connectivity index (χ0n) is 15.7. The second kappa shape index (κ2) is 6.65. The molecule has 1 aromatic rings. The van der Waals surface area contributed by atoms with E-state index in [2.05, 4.69) is 10.3 Å². The lowest BCUT2D eigenvalue weighted by Crippen LogP contribution is -2.55. The van der Waals surface area contributed by atoms with Crippen molar-refractivity contribution in [3.05, 3.63) is 34.9 Å². The fourth-order valence-corrected chi connectivity index (χ4v) is 5.99. The van der Waals surface area contributed by atoms with E-state index >= 15 is 0 Å². The monoisotopic (exact) mass is 407 g/mol. The standard InChI is InChI=1S/C19H22FN3O4S/c1-10(2)17(18(24)22-11-5-6-28(26,27)9-11)23-8-13-14(20)7-21-15-4-3-12(16(13)15)19(23)25/h3,7,10-11,17H,4-6,8-9H2,1-2H3,(H,22,24)/t11?,17-/m1/s1. The maximum absolute atomic E-state index is 14.4. The third kappa shape index (κ3) is 3.11. The zero-order chi connectivity index (χ0) is 20.2. The quantitative estimate of drug-likeness (QED) is 0.798. The number of aromatic nitrogens is 1. The summed E-state index contributed by atoms with van der Waals surface area (Å²) in [7, 11) is -3.14. The normalized spacial score (nSPS) is 23.6. The van der Waals surface area contributed by atoms with Crippen molar-refractivity contribution in [2.45, 2.75) is 45.3 Å². The van der Waals surface area contributed by atoms with Gasteiger partial charge in [-0.15, -0.1) is 0 Å². The van der Waals surface area contributed by atoms with Gasteiger partial charge in [0.2, 0.25) is 5.91 Å². The number of pyridine rings is 1. The number of nitrogens with one attached hydrogen (secondary N) is 1. The molecule has 2 atom stereocenters. The summed E-state index contributed by atoms with van der Waals surface area (Å²) in [5.74, 6) is -1.47. The first-order valence-electron chi connectivity index (χ1n) is 9.36. The number of carbonyl (C=O) groups excluding carboxylic acids is 2. The van der Waals surface area contributed by atoms with Crippen LogP contribution in [-0.2, 0) is 32.4 Å². The van der Waals surface area contributed by atoms with Crippen molar-refractivity contribution < 1.29 is 22.4 Å².